The molecule has 0 bridgehead atoms. The van der Waals surface area contributed by atoms with Crippen LogP contribution < -0.4 is 0 Å². The van der Waals surface area contributed by atoms with E-state index < -0.39 is 0 Å². The SMILES string of the molecule is CC1(I)C=CC=C1. The fourth-order valence-corrected chi connectivity index (χ4v) is 0.958. The van der Waals surface area contributed by atoms with Crippen LogP contribution in [0.5, 0.6) is 0 Å². The Morgan fingerprint density at radius 1 is 1.29 bits per heavy atom. The Morgan fingerprint density at radius 3 is 1.86 bits per heavy atom. The monoisotopic (exact) mass is 206 g/mol. The Bertz CT molecular complexity index is 106. The molecule has 0 aliphatic heterocycles. The predicted octanol–water partition coefficient (Wildman–Crippen LogP) is 2.31. The first kappa shape index (κ1) is 5.35. The third-order valence-electron chi connectivity index (χ3n) is 0.955. The smallest absolute Gasteiger partial charge is 0.0558 e. The van der Waals surface area contributed by atoms with Gasteiger partial charge in [0.1, 0.15) is 0 Å². The zero-order chi connectivity index (χ0) is 5.33. The van der Waals surface area contributed by atoms with Crippen molar-refractivity contribution in [1.82, 2.24) is 0 Å². The molecule has 38 valence electrons. The van der Waals surface area contributed by atoms with Crippen LogP contribution in [0, 0.1) is 0 Å². The van der Waals surface area contributed by atoms with Gasteiger partial charge in [0.05, 0.1) is 3.42 Å². The third-order valence-corrected chi connectivity index (χ3v) is 1.67. The van der Waals surface area contributed by atoms with E-state index in [-0.39, 0.29) is 0 Å². The van der Waals surface area contributed by atoms with E-state index in [0.29, 0.717) is 3.42 Å². The van der Waals surface area contributed by atoms with Gasteiger partial charge in [-0.3, -0.25) is 0 Å². The van der Waals surface area contributed by atoms with Crippen LogP contribution in [-0.4, -0.2) is 3.42 Å². The first-order valence-electron chi connectivity index (χ1n) is 2.27. The van der Waals surface area contributed by atoms with Crippen molar-refractivity contribution in [3.63, 3.8) is 0 Å². The molecule has 1 rings (SSSR count). The van der Waals surface area contributed by atoms with Crippen LogP contribution in [0.3, 0.4) is 0 Å². The normalized spacial score (nSPS) is 23.7. The highest BCUT2D eigenvalue weighted by Gasteiger charge is 2.12. The van der Waals surface area contributed by atoms with Gasteiger partial charge in [-0.25, -0.2) is 0 Å². The molecule has 0 radical (unpaired) electrons. The fourth-order valence-electron chi connectivity index (χ4n) is 0.543. The number of rotatable bonds is 0. The van der Waals surface area contributed by atoms with Crippen LogP contribution in [-0.2, 0) is 0 Å². The molecule has 0 saturated carbocycles. The van der Waals surface area contributed by atoms with Gasteiger partial charge >= 0.3 is 0 Å². The summed E-state index contributed by atoms with van der Waals surface area (Å²) in [4.78, 5) is 0. The molecule has 0 fully saturated rings. The lowest BCUT2D eigenvalue weighted by molar-refractivity contribution is 1.08. The van der Waals surface area contributed by atoms with Crippen LogP contribution in [0.1, 0.15) is 6.92 Å². The van der Waals surface area contributed by atoms with Crippen molar-refractivity contribution in [2.75, 3.05) is 0 Å². The van der Waals surface area contributed by atoms with Crippen LogP contribution in [0.2, 0.25) is 0 Å². The molecule has 0 aromatic heterocycles. The van der Waals surface area contributed by atoms with E-state index in [1.54, 1.807) is 0 Å². The van der Waals surface area contributed by atoms with Gasteiger partial charge in [0.2, 0.25) is 0 Å². The minimum absolute atomic E-state index is 0.303. The standard InChI is InChI=1S/C6H7I/c1-6(7)4-2-3-5-6/h2-5H,1H3. The predicted molar refractivity (Wildman–Crippen MR) is 40.7 cm³/mol. The summed E-state index contributed by atoms with van der Waals surface area (Å²) in [7, 11) is 0. The lowest BCUT2D eigenvalue weighted by Crippen LogP contribution is -2.01. The van der Waals surface area contributed by atoms with E-state index in [0.717, 1.165) is 0 Å². The van der Waals surface area contributed by atoms with Crippen molar-refractivity contribution < 1.29 is 0 Å². The summed E-state index contributed by atoms with van der Waals surface area (Å²) >= 11 is 2.39. The van der Waals surface area contributed by atoms with Gasteiger partial charge in [0.15, 0.2) is 0 Å². The lowest BCUT2D eigenvalue weighted by Gasteiger charge is -2.05. The second-order valence-electron chi connectivity index (χ2n) is 1.87. The Hall–Kier alpha value is 0.210. The van der Waals surface area contributed by atoms with Crippen molar-refractivity contribution in [2.45, 2.75) is 10.3 Å². The molecule has 0 N–H and O–H groups in total. The minimum atomic E-state index is 0.303. The first-order chi connectivity index (χ1) is 3.21. The molecule has 0 heterocycles. The molecule has 0 atom stereocenters. The Balaban J connectivity index is 2.77. The highest BCUT2D eigenvalue weighted by atomic mass is 127. The largest absolute Gasteiger partial charge is 0.0700 e. The van der Waals surface area contributed by atoms with Crippen molar-refractivity contribution in [3.8, 4) is 0 Å². The highest BCUT2D eigenvalue weighted by molar-refractivity contribution is 14.1. The maximum Gasteiger partial charge on any atom is 0.0558 e. The van der Waals surface area contributed by atoms with Crippen molar-refractivity contribution in [3.05, 3.63) is 24.3 Å². The summed E-state index contributed by atoms with van der Waals surface area (Å²) in [5, 5.41) is 0. The summed E-state index contributed by atoms with van der Waals surface area (Å²) < 4.78 is 0.303. The van der Waals surface area contributed by atoms with Gasteiger partial charge < -0.3 is 0 Å². The molecule has 0 spiro atoms. The quantitative estimate of drug-likeness (QED) is 0.421. The van der Waals surface area contributed by atoms with E-state index in [1.165, 1.54) is 0 Å². The maximum atomic E-state index is 2.39. The molecule has 0 amide bonds. The summed E-state index contributed by atoms with van der Waals surface area (Å²) in [6.45, 7) is 2.17. The molecule has 0 unspecified atom stereocenters. The highest BCUT2D eigenvalue weighted by Crippen LogP contribution is 2.24. The van der Waals surface area contributed by atoms with Crippen LogP contribution in [0.25, 0.3) is 0 Å². The molecule has 1 aliphatic rings. The molecule has 1 heteroatoms. The molecule has 0 aromatic rings. The van der Waals surface area contributed by atoms with Gasteiger partial charge in [-0.05, 0) is 6.92 Å². The summed E-state index contributed by atoms with van der Waals surface area (Å²) in [5.74, 6) is 0. The Labute approximate surface area is 57.4 Å². The van der Waals surface area contributed by atoms with Gasteiger partial charge in [-0.15, -0.1) is 0 Å². The second-order valence-corrected chi connectivity index (χ2v) is 4.19. The zero-order valence-electron chi connectivity index (χ0n) is 4.19. The molecule has 1 aliphatic carbocycles. The van der Waals surface area contributed by atoms with Crippen LogP contribution >= 0.6 is 22.6 Å². The van der Waals surface area contributed by atoms with E-state index >= 15 is 0 Å². The van der Waals surface area contributed by atoms with Gasteiger partial charge in [0.25, 0.3) is 0 Å². The molecule has 0 saturated heterocycles. The molecular formula is C6H7I. The topological polar surface area (TPSA) is 0 Å². The van der Waals surface area contributed by atoms with Gasteiger partial charge in [-0.1, -0.05) is 46.9 Å². The van der Waals surface area contributed by atoms with E-state index in [9.17, 15) is 0 Å². The van der Waals surface area contributed by atoms with Crippen LogP contribution in [0.15, 0.2) is 24.3 Å². The molecule has 0 nitrogen and oxygen atoms in total. The van der Waals surface area contributed by atoms with Crippen LogP contribution in [0.4, 0.5) is 0 Å². The van der Waals surface area contributed by atoms with Gasteiger partial charge in [-0.2, -0.15) is 0 Å². The van der Waals surface area contributed by atoms with E-state index in [1.807, 2.05) is 0 Å². The van der Waals surface area contributed by atoms with Crippen molar-refractivity contribution in [1.29, 1.82) is 0 Å². The second kappa shape index (κ2) is 1.62. The third kappa shape index (κ3) is 1.30. The summed E-state index contributed by atoms with van der Waals surface area (Å²) in [6, 6.07) is 0. The molecule has 0 aromatic carbocycles. The van der Waals surface area contributed by atoms with E-state index in [4.69, 9.17) is 0 Å². The molecular weight excluding hydrogens is 199 g/mol. The number of halogens is 1. The number of alkyl halides is 1. The van der Waals surface area contributed by atoms with Gasteiger partial charge in [0, 0.05) is 0 Å². The van der Waals surface area contributed by atoms with E-state index in [2.05, 4.69) is 53.8 Å². The molecule has 7 heavy (non-hydrogen) atoms. The maximum absolute atomic E-state index is 2.39. The fraction of sp³-hybridized carbons (Fsp3) is 0.333. The number of allylic oxidation sites excluding steroid dienone is 4. The average Bonchev–Trinajstić information content (AvgIpc) is 1.84. The number of hydrogen-bond donors (Lipinski definition) is 0. The summed E-state index contributed by atoms with van der Waals surface area (Å²) in [5.41, 5.74) is 0. The first-order valence-corrected chi connectivity index (χ1v) is 3.35. The minimum Gasteiger partial charge on any atom is -0.0700 e. The average molecular weight is 206 g/mol. The Morgan fingerprint density at radius 2 is 1.71 bits per heavy atom. The van der Waals surface area contributed by atoms with Crippen molar-refractivity contribution in [2.24, 2.45) is 0 Å². The Kier molecular flexibility index (Phi) is 1.24. The zero-order valence-corrected chi connectivity index (χ0v) is 6.34. The number of hydrogen-bond acceptors (Lipinski definition) is 0. The van der Waals surface area contributed by atoms with Crippen molar-refractivity contribution >= 4 is 22.6 Å². The summed E-state index contributed by atoms with van der Waals surface area (Å²) in [6.07, 6.45) is 8.50. The lowest BCUT2D eigenvalue weighted by atomic mass is 10.2.